The second-order valence-corrected chi connectivity index (χ2v) is 9.95. The predicted molar refractivity (Wildman–Crippen MR) is 145 cm³/mol. The van der Waals surface area contributed by atoms with E-state index in [1.165, 1.54) is 45.7 Å². The van der Waals surface area contributed by atoms with Crippen molar-refractivity contribution in [1.82, 2.24) is 5.43 Å². The molecule has 0 spiro atoms. The summed E-state index contributed by atoms with van der Waals surface area (Å²) in [5, 5.41) is 3.93. The first-order chi connectivity index (χ1) is 18.7. The minimum Gasteiger partial charge on any atom is -0.497 e. The van der Waals surface area contributed by atoms with E-state index in [0.717, 1.165) is 9.87 Å². The van der Waals surface area contributed by atoms with Gasteiger partial charge in [0.25, 0.3) is 15.9 Å². The fourth-order valence-electron chi connectivity index (χ4n) is 3.32. The summed E-state index contributed by atoms with van der Waals surface area (Å²) in [6.45, 7) is 1.03. The summed E-state index contributed by atoms with van der Waals surface area (Å²) < 4.78 is 48.7. The molecule has 11 nitrogen and oxygen atoms in total. The zero-order valence-electron chi connectivity index (χ0n) is 21.9. The van der Waals surface area contributed by atoms with Crippen LogP contribution in [0.1, 0.15) is 11.1 Å². The molecule has 3 aromatic carbocycles. The quantitative estimate of drug-likeness (QED) is 0.205. The Labute approximate surface area is 227 Å². The Morgan fingerprint density at radius 3 is 2.21 bits per heavy atom. The Balaban J connectivity index is 1.81. The van der Waals surface area contributed by atoms with Gasteiger partial charge in [0.05, 0.1) is 38.1 Å². The Morgan fingerprint density at radius 1 is 0.923 bits per heavy atom. The number of hydrogen-bond acceptors (Lipinski definition) is 9. The van der Waals surface area contributed by atoms with Crippen LogP contribution in [0.15, 0.2) is 76.7 Å². The van der Waals surface area contributed by atoms with E-state index in [4.69, 9.17) is 14.2 Å². The van der Waals surface area contributed by atoms with Gasteiger partial charge in [0, 0.05) is 6.07 Å². The van der Waals surface area contributed by atoms with Crippen LogP contribution in [0.2, 0.25) is 0 Å². The number of amides is 1. The summed E-state index contributed by atoms with van der Waals surface area (Å²) in [5.41, 5.74) is 3.98. The molecule has 1 amide bonds. The van der Waals surface area contributed by atoms with Crippen molar-refractivity contribution in [1.29, 1.82) is 0 Å². The number of sulfonamides is 1. The van der Waals surface area contributed by atoms with Gasteiger partial charge in [-0.2, -0.15) is 5.10 Å². The van der Waals surface area contributed by atoms with Gasteiger partial charge < -0.3 is 18.9 Å². The SMILES string of the molecule is COC(=O)COc1ccc(/C=N\NC(=O)CN(c2cc(OC)ccc2OC)S(=O)(=O)c2ccc(C)cc2)cc1. The summed E-state index contributed by atoms with van der Waals surface area (Å²) in [4.78, 5) is 24.1. The van der Waals surface area contributed by atoms with Gasteiger partial charge in [-0.25, -0.2) is 18.6 Å². The molecule has 3 aromatic rings. The molecule has 0 aromatic heterocycles. The molecular formula is C27H29N3O8S. The lowest BCUT2D eigenvalue weighted by Gasteiger charge is -2.25. The summed E-state index contributed by atoms with van der Waals surface area (Å²) in [6.07, 6.45) is 1.38. The van der Waals surface area contributed by atoms with Crippen LogP contribution < -0.4 is 23.9 Å². The van der Waals surface area contributed by atoms with E-state index < -0.39 is 28.4 Å². The summed E-state index contributed by atoms with van der Waals surface area (Å²) in [7, 11) is -0.0642. The Bertz CT molecular complexity index is 1420. The highest BCUT2D eigenvalue weighted by atomic mass is 32.2. The number of nitrogens with zero attached hydrogens (tertiary/aromatic N) is 2. The highest BCUT2D eigenvalue weighted by Gasteiger charge is 2.30. The van der Waals surface area contributed by atoms with Crippen LogP contribution in [0.25, 0.3) is 0 Å². The fourth-order valence-corrected chi connectivity index (χ4v) is 4.75. The van der Waals surface area contributed by atoms with Gasteiger partial charge in [-0.05, 0) is 61.0 Å². The van der Waals surface area contributed by atoms with Crippen molar-refractivity contribution in [2.75, 3.05) is 38.8 Å². The van der Waals surface area contributed by atoms with E-state index in [1.807, 2.05) is 6.92 Å². The number of rotatable bonds is 12. The molecule has 39 heavy (non-hydrogen) atoms. The molecule has 0 saturated heterocycles. The molecule has 0 radical (unpaired) electrons. The zero-order chi connectivity index (χ0) is 28.4. The second kappa shape index (κ2) is 13.3. The van der Waals surface area contributed by atoms with Crippen LogP contribution >= 0.6 is 0 Å². The summed E-state index contributed by atoms with van der Waals surface area (Å²) >= 11 is 0. The average molecular weight is 556 g/mol. The number of nitrogens with one attached hydrogen (secondary N) is 1. The van der Waals surface area contributed by atoms with Crippen molar-refractivity contribution in [3.05, 3.63) is 77.9 Å². The predicted octanol–water partition coefficient (Wildman–Crippen LogP) is 2.91. The molecule has 0 aliphatic carbocycles. The van der Waals surface area contributed by atoms with Crippen molar-refractivity contribution in [2.24, 2.45) is 5.10 Å². The Hall–Kier alpha value is -4.58. The van der Waals surface area contributed by atoms with E-state index in [-0.39, 0.29) is 22.9 Å². The largest absolute Gasteiger partial charge is 0.497 e. The number of aryl methyl sites for hydroxylation is 1. The van der Waals surface area contributed by atoms with Gasteiger partial charge in [0.2, 0.25) is 0 Å². The van der Waals surface area contributed by atoms with E-state index in [1.54, 1.807) is 48.5 Å². The molecule has 0 bridgehead atoms. The van der Waals surface area contributed by atoms with Gasteiger partial charge in [0.15, 0.2) is 6.61 Å². The molecular weight excluding hydrogens is 526 g/mol. The third-order valence-corrected chi connectivity index (χ3v) is 7.19. The first kappa shape index (κ1) is 29.0. The molecule has 0 heterocycles. The van der Waals surface area contributed by atoms with Crippen LogP contribution in [-0.2, 0) is 24.3 Å². The van der Waals surface area contributed by atoms with Crippen LogP contribution in [0, 0.1) is 6.92 Å². The zero-order valence-corrected chi connectivity index (χ0v) is 22.7. The van der Waals surface area contributed by atoms with E-state index >= 15 is 0 Å². The standard InChI is InChI=1S/C27H29N3O8S/c1-19-5-12-23(13-6-19)39(33,34)30(24-15-22(35-2)11-14-25(24)36-3)17-26(31)29-28-16-20-7-9-21(10-8-20)38-18-27(32)37-4/h5-16H,17-18H2,1-4H3,(H,29,31)/b28-16-. The maximum atomic E-state index is 13.7. The third-order valence-electron chi connectivity index (χ3n) is 5.42. The average Bonchev–Trinajstić information content (AvgIpc) is 2.95. The molecule has 0 fully saturated rings. The van der Waals surface area contributed by atoms with E-state index in [9.17, 15) is 18.0 Å². The van der Waals surface area contributed by atoms with Crippen molar-refractivity contribution >= 4 is 33.8 Å². The minimum absolute atomic E-state index is 0.00350. The molecule has 3 rings (SSSR count). The minimum atomic E-state index is -4.18. The Morgan fingerprint density at radius 2 is 1.59 bits per heavy atom. The molecule has 0 atom stereocenters. The molecule has 12 heteroatoms. The van der Waals surface area contributed by atoms with Crippen molar-refractivity contribution in [2.45, 2.75) is 11.8 Å². The monoisotopic (exact) mass is 555 g/mol. The maximum absolute atomic E-state index is 13.7. The van der Waals surface area contributed by atoms with Gasteiger partial charge in [-0.3, -0.25) is 9.10 Å². The number of esters is 1. The second-order valence-electron chi connectivity index (χ2n) is 8.09. The lowest BCUT2D eigenvalue weighted by atomic mass is 10.2. The van der Waals surface area contributed by atoms with Gasteiger partial charge in [-0.1, -0.05) is 17.7 Å². The topological polar surface area (TPSA) is 133 Å². The van der Waals surface area contributed by atoms with Crippen LogP contribution in [0.4, 0.5) is 5.69 Å². The normalized spacial score (nSPS) is 11.1. The smallest absolute Gasteiger partial charge is 0.343 e. The number of carbonyl (C=O) groups excluding carboxylic acids is 2. The number of hydrogen-bond donors (Lipinski definition) is 1. The molecule has 0 aliphatic rings. The maximum Gasteiger partial charge on any atom is 0.343 e. The molecule has 0 saturated carbocycles. The number of anilines is 1. The lowest BCUT2D eigenvalue weighted by molar-refractivity contribution is -0.142. The van der Waals surface area contributed by atoms with Crippen molar-refractivity contribution < 1.29 is 37.0 Å². The highest BCUT2D eigenvalue weighted by molar-refractivity contribution is 7.92. The summed E-state index contributed by atoms with van der Waals surface area (Å²) in [5.74, 6) is -0.131. The van der Waals surface area contributed by atoms with Crippen molar-refractivity contribution in [3.63, 3.8) is 0 Å². The Kier molecular flexibility index (Phi) is 9.87. The first-order valence-electron chi connectivity index (χ1n) is 11.6. The molecule has 0 unspecified atom stereocenters. The molecule has 1 N–H and O–H groups in total. The van der Waals surface area contributed by atoms with Crippen LogP contribution in [0.5, 0.6) is 17.2 Å². The number of methoxy groups -OCH3 is 3. The first-order valence-corrected chi connectivity index (χ1v) is 13.0. The van der Waals surface area contributed by atoms with Crippen molar-refractivity contribution in [3.8, 4) is 17.2 Å². The third kappa shape index (κ3) is 7.71. The van der Waals surface area contributed by atoms with Gasteiger partial charge in [0.1, 0.15) is 23.8 Å². The lowest BCUT2D eigenvalue weighted by Crippen LogP contribution is -2.39. The fraction of sp³-hybridized carbons (Fsp3) is 0.222. The number of ether oxygens (including phenoxy) is 4. The van der Waals surface area contributed by atoms with E-state index in [0.29, 0.717) is 17.1 Å². The van der Waals surface area contributed by atoms with Gasteiger partial charge in [-0.15, -0.1) is 0 Å². The number of benzene rings is 3. The van der Waals surface area contributed by atoms with Crippen LogP contribution in [0.3, 0.4) is 0 Å². The highest BCUT2D eigenvalue weighted by Crippen LogP contribution is 2.35. The molecule has 206 valence electrons. The van der Waals surface area contributed by atoms with Crippen LogP contribution in [-0.4, -0.2) is 61.0 Å². The van der Waals surface area contributed by atoms with E-state index in [2.05, 4.69) is 15.3 Å². The van der Waals surface area contributed by atoms with Gasteiger partial charge >= 0.3 is 5.97 Å². The number of hydrazone groups is 1. The molecule has 0 aliphatic heterocycles. The summed E-state index contributed by atoms with van der Waals surface area (Å²) in [6, 6.07) is 17.5. The number of carbonyl (C=O) groups is 2.